The summed E-state index contributed by atoms with van der Waals surface area (Å²) in [6.45, 7) is 4.02. The molecule has 19 heavy (non-hydrogen) atoms. The van der Waals surface area contributed by atoms with Gasteiger partial charge >= 0.3 is 5.97 Å². The first kappa shape index (κ1) is 16.0. The highest BCUT2D eigenvalue weighted by molar-refractivity contribution is 5.86. The molecule has 0 aromatic carbocycles. The maximum atomic E-state index is 12.2. The first-order chi connectivity index (χ1) is 8.95. The minimum Gasteiger partial charge on any atom is -0.467 e. The molecule has 0 radical (unpaired) electrons. The average Bonchev–Trinajstić information content (AvgIpc) is 2.36. The first-order valence-electron chi connectivity index (χ1n) is 7.09. The van der Waals surface area contributed by atoms with E-state index >= 15 is 0 Å². The molecule has 3 N–H and O–H groups in total. The molecule has 1 amide bonds. The van der Waals surface area contributed by atoms with Gasteiger partial charge in [0, 0.05) is 6.04 Å². The fraction of sp³-hybridized carbons (Fsp3) is 0.857. The highest BCUT2D eigenvalue weighted by atomic mass is 16.5. The Balaban J connectivity index is 2.61. The summed E-state index contributed by atoms with van der Waals surface area (Å²) in [7, 11) is 1.34. The summed E-state index contributed by atoms with van der Waals surface area (Å²) < 4.78 is 4.74. The lowest BCUT2D eigenvalue weighted by molar-refractivity contribution is -0.146. The van der Waals surface area contributed by atoms with E-state index in [1.165, 1.54) is 7.11 Å². The van der Waals surface area contributed by atoms with Gasteiger partial charge in [-0.15, -0.1) is 0 Å². The second-order valence-electron chi connectivity index (χ2n) is 5.77. The minimum absolute atomic E-state index is 0.0916. The molecule has 1 aliphatic carbocycles. The molecule has 0 aromatic rings. The van der Waals surface area contributed by atoms with Gasteiger partial charge in [-0.3, -0.25) is 4.79 Å². The van der Waals surface area contributed by atoms with Crippen molar-refractivity contribution in [3.63, 3.8) is 0 Å². The molecule has 0 heterocycles. The molecular formula is C14H26N2O3. The number of rotatable bonds is 5. The molecule has 0 aliphatic heterocycles. The summed E-state index contributed by atoms with van der Waals surface area (Å²) in [5.74, 6) is -0.354. The molecule has 1 fully saturated rings. The van der Waals surface area contributed by atoms with E-state index in [0.717, 1.165) is 25.7 Å². The monoisotopic (exact) mass is 270 g/mol. The van der Waals surface area contributed by atoms with Crippen molar-refractivity contribution in [1.82, 2.24) is 5.32 Å². The molecule has 5 nitrogen and oxygen atoms in total. The van der Waals surface area contributed by atoms with Crippen molar-refractivity contribution in [2.24, 2.45) is 17.6 Å². The number of methoxy groups -OCH3 is 1. The van der Waals surface area contributed by atoms with E-state index in [9.17, 15) is 9.59 Å². The molecule has 1 saturated carbocycles. The van der Waals surface area contributed by atoms with Crippen LogP contribution >= 0.6 is 0 Å². The molecular weight excluding hydrogens is 244 g/mol. The summed E-state index contributed by atoms with van der Waals surface area (Å²) >= 11 is 0. The number of nitrogens with one attached hydrogen (secondary N) is 1. The Morgan fingerprint density at radius 3 is 2.47 bits per heavy atom. The fourth-order valence-corrected chi connectivity index (χ4v) is 2.59. The van der Waals surface area contributed by atoms with Crippen molar-refractivity contribution in [3.05, 3.63) is 0 Å². The van der Waals surface area contributed by atoms with Crippen LogP contribution in [0.3, 0.4) is 0 Å². The number of carbonyl (C=O) groups excluding carboxylic acids is 2. The van der Waals surface area contributed by atoms with E-state index in [1.54, 1.807) is 0 Å². The van der Waals surface area contributed by atoms with Crippen molar-refractivity contribution >= 4 is 11.9 Å². The topological polar surface area (TPSA) is 81.4 Å². The third-order valence-corrected chi connectivity index (χ3v) is 3.67. The number of hydrogen-bond donors (Lipinski definition) is 2. The molecule has 0 spiro atoms. The van der Waals surface area contributed by atoms with E-state index in [-0.39, 0.29) is 23.8 Å². The molecule has 1 aliphatic rings. The number of hydrogen-bond acceptors (Lipinski definition) is 4. The summed E-state index contributed by atoms with van der Waals surface area (Å²) in [4.78, 5) is 23.9. The maximum Gasteiger partial charge on any atom is 0.328 e. The highest BCUT2D eigenvalue weighted by Gasteiger charge is 2.31. The average molecular weight is 270 g/mol. The van der Waals surface area contributed by atoms with Crippen LogP contribution in [0.4, 0.5) is 0 Å². The lowest BCUT2D eigenvalue weighted by Gasteiger charge is -2.29. The van der Waals surface area contributed by atoms with Gasteiger partial charge in [0.1, 0.15) is 6.04 Å². The number of ether oxygens (including phenoxy) is 1. The van der Waals surface area contributed by atoms with Crippen LogP contribution in [0, 0.1) is 11.8 Å². The summed E-state index contributed by atoms with van der Waals surface area (Å²) in [5, 5.41) is 2.81. The third-order valence-electron chi connectivity index (χ3n) is 3.67. The molecule has 0 bridgehead atoms. The van der Waals surface area contributed by atoms with E-state index in [1.807, 2.05) is 13.8 Å². The second kappa shape index (κ2) is 7.48. The zero-order valence-corrected chi connectivity index (χ0v) is 12.1. The van der Waals surface area contributed by atoms with Crippen LogP contribution in [0.1, 0.15) is 46.0 Å². The van der Waals surface area contributed by atoms with Crippen molar-refractivity contribution in [1.29, 1.82) is 0 Å². The smallest absolute Gasteiger partial charge is 0.328 e. The fourth-order valence-electron chi connectivity index (χ4n) is 2.59. The number of carbonyl (C=O) groups is 2. The number of esters is 1. The Labute approximate surface area is 115 Å². The number of amides is 1. The Morgan fingerprint density at radius 2 is 1.95 bits per heavy atom. The van der Waals surface area contributed by atoms with Crippen LogP contribution in [0.25, 0.3) is 0 Å². The van der Waals surface area contributed by atoms with Crippen LogP contribution in [0.5, 0.6) is 0 Å². The number of nitrogens with two attached hydrogens (primary N) is 1. The summed E-state index contributed by atoms with van der Waals surface area (Å²) in [5.41, 5.74) is 5.99. The van der Waals surface area contributed by atoms with Gasteiger partial charge in [-0.2, -0.15) is 0 Å². The van der Waals surface area contributed by atoms with Gasteiger partial charge in [-0.05, 0) is 25.2 Å². The van der Waals surface area contributed by atoms with Crippen LogP contribution in [-0.2, 0) is 14.3 Å². The van der Waals surface area contributed by atoms with Crippen molar-refractivity contribution < 1.29 is 14.3 Å². The second-order valence-corrected chi connectivity index (χ2v) is 5.77. The molecule has 1 rings (SSSR count). The first-order valence-corrected chi connectivity index (χ1v) is 7.09. The van der Waals surface area contributed by atoms with Gasteiger partial charge in [-0.1, -0.05) is 26.7 Å². The van der Waals surface area contributed by atoms with E-state index in [0.29, 0.717) is 12.3 Å². The highest BCUT2D eigenvalue weighted by Crippen LogP contribution is 2.23. The van der Waals surface area contributed by atoms with Gasteiger partial charge in [0.25, 0.3) is 0 Å². The Hall–Kier alpha value is -1.10. The normalized spacial score (nSPS) is 24.9. The zero-order valence-electron chi connectivity index (χ0n) is 12.1. The lowest BCUT2D eigenvalue weighted by atomic mass is 9.84. The molecule has 3 unspecified atom stereocenters. The minimum atomic E-state index is -0.563. The van der Waals surface area contributed by atoms with Gasteiger partial charge in [0.15, 0.2) is 0 Å². The maximum absolute atomic E-state index is 12.2. The third kappa shape index (κ3) is 4.82. The molecule has 110 valence electrons. The van der Waals surface area contributed by atoms with Gasteiger partial charge in [-0.25, -0.2) is 4.79 Å². The van der Waals surface area contributed by atoms with Gasteiger partial charge < -0.3 is 15.8 Å². The standard InChI is InChI=1S/C14H26N2O3/c1-9(2)8-12(14(18)19-3)16-13(17)10-6-4-5-7-11(10)15/h9-12H,4-8,15H2,1-3H3,(H,16,17). The summed E-state index contributed by atoms with van der Waals surface area (Å²) in [6.07, 6.45) is 4.38. The summed E-state index contributed by atoms with van der Waals surface area (Å²) in [6, 6.07) is -0.655. The van der Waals surface area contributed by atoms with Crippen molar-refractivity contribution in [2.75, 3.05) is 7.11 Å². The van der Waals surface area contributed by atoms with Gasteiger partial charge in [0.05, 0.1) is 13.0 Å². The van der Waals surface area contributed by atoms with Crippen molar-refractivity contribution in [3.8, 4) is 0 Å². The van der Waals surface area contributed by atoms with E-state index in [4.69, 9.17) is 10.5 Å². The van der Waals surface area contributed by atoms with E-state index in [2.05, 4.69) is 5.32 Å². The predicted molar refractivity (Wildman–Crippen MR) is 73.3 cm³/mol. The van der Waals surface area contributed by atoms with Gasteiger partial charge in [0.2, 0.25) is 5.91 Å². The zero-order chi connectivity index (χ0) is 14.4. The van der Waals surface area contributed by atoms with Crippen LogP contribution in [0.2, 0.25) is 0 Å². The van der Waals surface area contributed by atoms with Crippen LogP contribution in [-0.4, -0.2) is 31.1 Å². The Morgan fingerprint density at radius 1 is 1.32 bits per heavy atom. The predicted octanol–water partition coefficient (Wildman–Crippen LogP) is 1.21. The van der Waals surface area contributed by atoms with Crippen LogP contribution < -0.4 is 11.1 Å². The van der Waals surface area contributed by atoms with Crippen LogP contribution in [0.15, 0.2) is 0 Å². The molecule has 3 atom stereocenters. The molecule has 0 aromatic heterocycles. The lowest BCUT2D eigenvalue weighted by Crippen LogP contribution is -2.49. The molecule has 0 saturated heterocycles. The quantitative estimate of drug-likeness (QED) is 0.736. The largest absolute Gasteiger partial charge is 0.467 e. The van der Waals surface area contributed by atoms with E-state index < -0.39 is 6.04 Å². The SMILES string of the molecule is COC(=O)C(CC(C)C)NC(=O)C1CCCCC1N. The Kier molecular flexibility index (Phi) is 6.28. The van der Waals surface area contributed by atoms with Crippen molar-refractivity contribution in [2.45, 2.75) is 58.0 Å². The molecule has 5 heteroatoms. The Bertz CT molecular complexity index is 318.